The van der Waals surface area contributed by atoms with Crippen molar-refractivity contribution < 1.29 is 13.9 Å². The molecular formula is C15H19NO3. The molecule has 19 heavy (non-hydrogen) atoms. The number of methoxy groups -OCH3 is 1. The molecule has 1 aromatic heterocycles. The lowest BCUT2D eigenvalue weighted by Crippen LogP contribution is -2.22. The largest absolute Gasteiger partial charge is 0.493 e. The van der Waals surface area contributed by atoms with Crippen LogP contribution in [0.25, 0.3) is 11.0 Å². The molecule has 0 spiro atoms. The summed E-state index contributed by atoms with van der Waals surface area (Å²) in [6, 6.07) is 7.99. The first-order chi connectivity index (χ1) is 9.36. The molecule has 0 saturated carbocycles. The Balaban J connectivity index is 1.64. The molecule has 0 amide bonds. The first-order valence-corrected chi connectivity index (χ1v) is 6.70. The van der Waals surface area contributed by atoms with Crippen molar-refractivity contribution >= 4 is 11.0 Å². The van der Waals surface area contributed by atoms with E-state index in [1.54, 1.807) is 7.11 Å². The second kappa shape index (κ2) is 5.63. The second-order valence-electron chi connectivity index (χ2n) is 4.95. The van der Waals surface area contributed by atoms with Gasteiger partial charge in [-0.25, -0.2) is 0 Å². The van der Waals surface area contributed by atoms with Crippen LogP contribution in [0.15, 0.2) is 28.7 Å². The molecule has 4 heteroatoms. The molecule has 1 N–H and O–H groups in total. The Morgan fingerprint density at radius 3 is 3.16 bits per heavy atom. The highest BCUT2D eigenvalue weighted by Crippen LogP contribution is 2.28. The summed E-state index contributed by atoms with van der Waals surface area (Å²) in [5, 5.41) is 4.51. The zero-order chi connectivity index (χ0) is 13.1. The van der Waals surface area contributed by atoms with Crippen LogP contribution in [0.3, 0.4) is 0 Å². The first-order valence-electron chi connectivity index (χ1n) is 6.70. The molecule has 2 heterocycles. The molecule has 1 aromatic carbocycles. The van der Waals surface area contributed by atoms with E-state index in [0.717, 1.165) is 55.2 Å². The van der Waals surface area contributed by atoms with Gasteiger partial charge in [0, 0.05) is 18.5 Å². The Labute approximate surface area is 112 Å². The topological polar surface area (TPSA) is 43.6 Å². The van der Waals surface area contributed by atoms with Crippen LogP contribution in [0.2, 0.25) is 0 Å². The molecule has 0 radical (unpaired) electrons. The van der Waals surface area contributed by atoms with Crippen molar-refractivity contribution in [1.29, 1.82) is 0 Å². The summed E-state index contributed by atoms with van der Waals surface area (Å²) in [6.07, 6.45) is 1.15. The highest BCUT2D eigenvalue weighted by atomic mass is 16.5. The van der Waals surface area contributed by atoms with Gasteiger partial charge in [0.15, 0.2) is 11.3 Å². The van der Waals surface area contributed by atoms with E-state index in [9.17, 15) is 0 Å². The maximum absolute atomic E-state index is 5.84. The standard InChI is InChI=1S/C15H19NO3/c1-17-14-4-2-3-12-7-13(19-15(12)14)9-16-8-11-5-6-18-10-11/h2-4,7,11,16H,5-6,8-10H2,1H3. The van der Waals surface area contributed by atoms with E-state index in [1.807, 2.05) is 18.2 Å². The minimum atomic E-state index is 0.638. The molecule has 1 atom stereocenters. The molecule has 1 aliphatic heterocycles. The van der Waals surface area contributed by atoms with Gasteiger partial charge in [-0.3, -0.25) is 0 Å². The Bertz CT molecular complexity index is 543. The van der Waals surface area contributed by atoms with E-state index >= 15 is 0 Å². The Hall–Kier alpha value is -1.52. The van der Waals surface area contributed by atoms with E-state index < -0.39 is 0 Å². The average Bonchev–Trinajstić information content (AvgIpc) is 3.06. The van der Waals surface area contributed by atoms with Crippen LogP contribution in [0.4, 0.5) is 0 Å². The van der Waals surface area contributed by atoms with Crippen LogP contribution in [-0.2, 0) is 11.3 Å². The fourth-order valence-corrected chi connectivity index (χ4v) is 2.48. The molecule has 1 saturated heterocycles. The molecule has 1 unspecified atom stereocenters. The molecule has 0 bridgehead atoms. The lowest BCUT2D eigenvalue weighted by atomic mass is 10.1. The smallest absolute Gasteiger partial charge is 0.176 e. The minimum absolute atomic E-state index is 0.638. The highest BCUT2D eigenvalue weighted by molar-refractivity contribution is 5.83. The third-order valence-corrected chi connectivity index (χ3v) is 3.54. The van der Waals surface area contributed by atoms with Crippen molar-refractivity contribution in [3.05, 3.63) is 30.0 Å². The SMILES string of the molecule is COc1cccc2cc(CNCC3CCOC3)oc12. The van der Waals surface area contributed by atoms with Gasteiger partial charge in [-0.05, 0) is 24.5 Å². The average molecular weight is 261 g/mol. The number of rotatable bonds is 5. The van der Waals surface area contributed by atoms with E-state index in [-0.39, 0.29) is 0 Å². The van der Waals surface area contributed by atoms with E-state index in [4.69, 9.17) is 13.9 Å². The van der Waals surface area contributed by atoms with Gasteiger partial charge < -0.3 is 19.2 Å². The van der Waals surface area contributed by atoms with Crippen molar-refractivity contribution in [1.82, 2.24) is 5.32 Å². The lowest BCUT2D eigenvalue weighted by molar-refractivity contribution is 0.185. The van der Waals surface area contributed by atoms with Crippen molar-refractivity contribution in [2.24, 2.45) is 5.92 Å². The summed E-state index contributed by atoms with van der Waals surface area (Å²) in [5.74, 6) is 2.37. The van der Waals surface area contributed by atoms with Gasteiger partial charge in [-0.15, -0.1) is 0 Å². The van der Waals surface area contributed by atoms with Crippen LogP contribution in [0.1, 0.15) is 12.2 Å². The Morgan fingerprint density at radius 2 is 2.37 bits per heavy atom. The molecule has 3 rings (SSSR count). The molecule has 102 valence electrons. The van der Waals surface area contributed by atoms with Crippen LogP contribution < -0.4 is 10.1 Å². The molecule has 1 aliphatic rings. The molecular weight excluding hydrogens is 242 g/mol. The third kappa shape index (κ3) is 2.74. The number of benzene rings is 1. The Morgan fingerprint density at radius 1 is 1.42 bits per heavy atom. The van der Waals surface area contributed by atoms with Gasteiger partial charge in [0.25, 0.3) is 0 Å². The molecule has 0 aliphatic carbocycles. The fraction of sp³-hybridized carbons (Fsp3) is 0.467. The van der Waals surface area contributed by atoms with Crippen molar-refractivity contribution in [2.75, 3.05) is 26.9 Å². The summed E-state index contributed by atoms with van der Waals surface area (Å²) < 4.78 is 16.5. The van der Waals surface area contributed by atoms with Gasteiger partial charge >= 0.3 is 0 Å². The van der Waals surface area contributed by atoms with Gasteiger partial charge in [-0.1, -0.05) is 12.1 Å². The van der Waals surface area contributed by atoms with Crippen molar-refractivity contribution in [3.8, 4) is 5.75 Å². The summed E-state index contributed by atoms with van der Waals surface area (Å²) in [5.41, 5.74) is 0.825. The number of ether oxygens (including phenoxy) is 2. The van der Waals surface area contributed by atoms with E-state index in [0.29, 0.717) is 5.92 Å². The number of para-hydroxylation sites is 1. The maximum atomic E-state index is 5.84. The Kier molecular flexibility index (Phi) is 3.71. The summed E-state index contributed by atoms with van der Waals surface area (Å²) in [7, 11) is 1.66. The number of hydrogen-bond donors (Lipinski definition) is 1. The number of hydrogen-bond acceptors (Lipinski definition) is 4. The zero-order valence-corrected chi connectivity index (χ0v) is 11.1. The normalized spacial score (nSPS) is 19.1. The zero-order valence-electron chi connectivity index (χ0n) is 11.1. The van der Waals surface area contributed by atoms with Gasteiger partial charge in [0.2, 0.25) is 0 Å². The summed E-state index contributed by atoms with van der Waals surface area (Å²) in [6.45, 7) is 3.50. The molecule has 1 fully saturated rings. The number of nitrogens with one attached hydrogen (secondary N) is 1. The van der Waals surface area contributed by atoms with Crippen LogP contribution in [-0.4, -0.2) is 26.9 Å². The van der Waals surface area contributed by atoms with Crippen LogP contribution >= 0.6 is 0 Å². The second-order valence-corrected chi connectivity index (χ2v) is 4.95. The number of furan rings is 1. The van der Waals surface area contributed by atoms with Gasteiger partial charge in [-0.2, -0.15) is 0 Å². The van der Waals surface area contributed by atoms with E-state index in [2.05, 4.69) is 11.4 Å². The van der Waals surface area contributed by atoms with Gasteiger partial charge in [0.05, 0.1) is 20.3 Å². The number of fused-ring (bicyclic) bond motifs is 1. The summed E-state index contributed by atoms with van der Waals surface area (Å²) in [4.78, 5) is 0. The van der Waals surface area contributed by atoms with E-state index in [1.165, 1.54) is 0 Å². The maximum Gasteiger partial charge on any atom is 0.176 e. The fourth-order valence-electron chi connectivity index (χ4n) is 2.48. The van der Waals surface area contributed by atoms with Crippen LogP contribution in [0.5, 0.6) is 5.75 Å². The van der Waals surface area contributed by atoms with Crippen molar-refractivity contribution in [3.63, 3.8) is 0 Å². The van der Waals surface area contributed by atoms with Crippen LogP contribution in [0, 0.1) is 5.92 Å². The van der Waals surface area contributed by atoms with Gasteiger partial charge in [0.1, 0.15) is 5.76 Å². The lowest BCUT2D eigenvalue weighted by Gasteiger charge is -2.07. The third-order valence-electron chi connectivity index (χ3n) is 3.54. The molecule has 2 aromatic rings. The summed E-state index contributed by atoms with van der Waals surface area (Å²) >= 11 is 0. The molecule has 4 nitrogen and oxygen atoms in total. The predicted molar refractivity (Wildman–Crippen MR) is 73.4 cm³/mol. The monoisotopic (exact) mass is 261 g/mol. The quantitative estimate of drug-likeness (QED) is 0.898. The van der Waals surface area contributed by atoms with Crippen molar-refractivity contribution in [2.45, 2.75) is 13.0 Å². The highest BCUT2D eigenvalue weighted by Gasteiger charge is 2.15. The predicted octanol–water partition coefficient (Wildman–Crippen LogP) is 2.57. The first kappa shape index (κ1) is 12.5. The minimum Gasteiger partial charge on any atom is -0.493 e.